The van der Waals surface area contributed by atoms with Crippen LogP contribution < -0.4 is 5.32 Å². The maximum atomic E-state index is 4.19. The second-order valence-corrected chi connectivity index (χ2v) is 5.35. The van der Waals surface area contributed by atoms with Gasteiger partial charge in [0.05, 0.1) is 0 Å². The van der Waals surface area contributed by atoms with Gasteiger partial charge in [-0.3, -0.25) is 9.88 Å². The van der Waals surface area contributed by atoms with Crippen LogP contribution in [-0.2, 0) is 6.54 Å². The standard InChI is InChI=1S/C15H25N3/c1-3-17-13(2)15-7-5-9-18(12-15)11-14-6-4-8-16-10-14/h4,6,8,10,13,15,17H,3,5,7,9,11-12H2,1-2H3. The minimum atomic E-state index is 0.631. The molecule has 0 spiro atoms. The Labute approximate surface area is 111 Å². The normalized spacial score (nSPS) is 22.9. The molecule has 0 bridgehead atoms. The first kappa shape index (κ1) is 13.5. The third kappa shape index (κ3) is 3.79. The van der Waals surface area contributed by atoms with Crippen molar-refractivity contribution in [3.8, 4) is 0 Å². The molecule has 1 saturated heterocycles. The van der Waals surface area contributed by atoms with Gasteiger partial charge in [-0.2, -0.15) is 0 Å². The van der Waals surface area contributed by atoms with Crippen molar-refractivity contribution >= 4 is 0 Å². The lowest BCUT2D eigenvalue weighted by Crippen LogP contribution is -2.44. The maximum absolute atomic E-state index is 4.19. The maximum Gasteiger partial charge on any atom is 0.0312 e. The van der Waals surface area contributed by atoms with E-state index in [0.29, 0.717) is 6.04 Å². The van der Waals surface area contributed by atoms with Crippen LogP contribution in [0.1, 0.15) is 32.3 Å². The largest absolute Gasteiger partial charge is 0.314 e. The Morgan fingerprint density at radius 3 is 3.17 bits per heavy atom. The van der Waals surface area contributed by atoms with E-state index in [1.165, 1.54) is 31.5 Å². The molecule has 0 saturated carbocycles. The molecule has 1 N–H and O–H groups in total. The Bertz CT molecular complexity index is 339. The van der Waals surface area contributed by atoms with Gasteiger partial charge in [0.2, 0.25) is 0 Å². The molecule has 2 rings (SSSR count). The van der Waals surface area contributed by atoms with Crippen LogP contribution in [-0.4, -0.2) is 35.6 Å². The van der Waals surface area contributed by atoms with Gasteiger partial charge in [0, 0.05) is 31.5 Å². The Morgan fingerprint density at radius 1 is 1.56 bits per heavy atom. The Morgan fingerprint density at radius 2 is 2.44 bits per heavy atom. The summed E-state index contributed by atoms with van der Waals surface area (Å²) in [5.41, 5.74) is 1.33. The fraction of sp³-hybridized carbons (Fsp3) is 0.667. The van der Waals surface area contributed by atoms with Crippen molar-refractivity contribution in [1.29, 1.82) is 0 Å². The van der Waals surface area contributed by atoms with Gasteiger partial charge in [-0.25, -0.2) is 0 Å². The third-order valence-electron chi connectivity index (χ3n) is 3.90. The molecule has 1 aromatic heterocycles. The highest BCUT2D eigenvalue weighted by molar-refractivity contribution is 5.08. The summed E-state index contributed by atoms with van der Waals surface area (Å²) < 4.78 is 0. The first-order chi connectivity index (χ1) is 8.79. The van der Waals surface area contributed by atoms with E-state index in [1.807, 2.05) is 18.5 Å². The Hall–Kier alpha value is -0.930. The average molecular weight is 247 g/mol. The van der Waals surface area contributed by atoms with E-state index in [9.17, 15) is 0 Å². The number of nitrogens with one attached hydrogen (secondary N) is 1. The lowest BCUT2D eigenvalue weighted by atomic mass is 9.91. The molecule has 0 amide bonds. The molecule has 0 aromatic carbocycles. The van der Waals surface area contributed by atoms with Crippen LogP contribution in [0.5, 0.6) is 0 Å². The molecule has 1 fully saturated rings. The van der Waals surface area contributed by atoms with Gasteiger partial charge in [0.25, 0.3) is 0 Å². The predicted octanol–water partition coefficient (Wildman–Crippen LogP) is 2.29. The molecule has 3 nitrogen and oxygen atoms in total. The van der Waals surface area contributed by atoms with Crippen LogP contribution in [0.15, 0.2) is 24.5 Å². The fourth-order valence-electron chi connectivity index (χ4n) is 2.88. The van der Waals surface area contributed by atoms with Gasteiger partial charge in [0.15, 0.2) is 0 Å². The van der Waals surface area contributed by atoms with Gasteiger partial charge in [0.1, 0.15) is 0 Å². The molecule has 2 unspecified atom stereocenters. The van der Waals surface area contributed by atoms with Gasteiger partial charge in [-0.15, -0.1) is 0 Å². The summed E-state index contributed by atoms with van der Waals surface area (Å²) in [5.74, 6) is 0.787. The van der Waals surface area contributed by atoms with Crippen molar-refractivity contribution in [3.05, 3.63) is 30.1 Å². The molecule has 2 heterocycles. The van der Waals surface area contributed by atoms with E-state index >= 15 is 0 Å². The number of piperidine rings is 1. The molecule has 0 radical (unpaired) electrons. The number of likely N-dealkylation sites (tertiary alicyclic amines) is 1. The van der Waals surface area contributed by atoms with Crippen molar-refractivity contribution in [1.82, 2.24) is 15.2 Å². The van der Waals surface area contributed by atoms with Crippen LogP contribution in [0.4, 0.5) is 0 Å². The summed E-state index contributed by atoms with van der Waals surface area (Å²) >= 11 is 0. The van der Waals surface area contributed by atoms with Gasteiger partial charge in [-0.05, 0) is 50.4 Å². The number of pyridine rings is 1. The monoisotopic (exact) mass is 247 g/mol. The zero-order valence-corrected chi connectivity index (χ0v) is 11.6. The Balaban J connectivity index is 1.87. The number of nitrogens with zero attached hydrogens (tertiary/aromatic N) is 2. The number of hydrogen-bond donors (Lipinski definition) is 1. The minimum absolute atomic E-state index is 0.631. The number of rotatable bonds is 5. The SMILES string of the molecule is CCNC(C)C1CCCN(Cc2cccnc2)C1. The molecular formula is C15H25N3. The van der Waals surface area contributed by atoms with E-state index < -0.39 is 0 Å². The van der Waals surface area contributed by atoms with E-state index in [0.717, 1.165) is 19.0 Å². The first-order valence-electron chi connectivity index (χ1n) is 7.14. The summed E-state index contributed by atoms with van der Waals surface area (Å²) in [6, 6.07) is 4.83. The van der Waals surface area contributed by atoms with Gasteiger partial charge in [-0.1, -0.05) is 13.0 Å². The highest BCUT2D eigenvalue weighted by Gasteiger charge is 2.23. The molecule has 1 aliphatic heterocycles. The first-order valence-corrected chi connectivity index (χ1v) is 7.14. The number of hydrogen-bond acceptors (Lipinski definition) is 3. The minimum Gasteiger partial charge on any atom is -0.314 e. The average Bonchev–Trinajstić information content (AvgIpc) is 2.40. The summed E-state index contributed by atoms with van der Waals surface area (Å²) in [7, 11) is 0. The summed E-state index contributed by atoms with van der Waals surface area (Å²) in [4.78, 5) is 6.76. The van der Waals surface area contributed by atoms with Crippen LogP contribution in [0, 0.1) is 5.92 Å². The molecular weight excluding hydrogens is 222 g/mol. The van der Waals surface area contributed by atoms with Crippen LogP contribution >= 0.6 is 0 Å². The lowest BCUT2D eigenvalue weighted by Gasteiger charge is -2.36. The van der Waals surface area contributed by atoms with E-state index in [2.05, 4.69) is 35.1 Å². The highest BCUT2D eigenvalue weighted by Crippen LogP contribution is 2.21. The topological polar surface area (TPSA) is 28.2 Å². The zero-order valence-electron chi connectivity index (χ0n) is 11.6. The molecule has 1 aliphatic rings. The second kappa shape index (κ2) is 6.86. The third-order valence-corrected chi connectivity index (χ3v) is 3.90. The van der Waals surface area contributed by atoms with E-state index in [-0.39, 0.29) is 0 Å². The van der Waals surface area contributed by atoms with Gasteiger partial charge < -0.3 is 5.32 Å². The van der Waals surface area contributed by atoms with Crippen molar-refractivity contribution in [2.45, 2.75) is 39.3 Å². The lowest BCUT2D eigenvalue weighted by molar-refractivity contribution is 0.145. The van der Waals surface area contributed by atoms with Crippen molar-refractivity contribution < 1.29 is 0 Å². The highest BCUT2D eigenvalue weighted by atomic mass is 15.1. The van der Waals surface area contributed by atoms with Crippen LogP contribution in [0.3, 0.4) is 0 Å². The zero-order chi connectivity index (χ0) is 12.8. The second-order valence-electron chi connectivity index (χ2n) is 5.35. The Kier molecular flexibility index (Phi) is 5.14. The van der Waals surface area contributed by atoms with Crippen LogP contribution in [0.25, 0.3) is 0 Å². The molecule has 3 heteroatoms. The van der Waals surface area contributed by atoms with Crippen molar-refractivity contribution in [2.24, 2.45) is 5.92 Å². The summed E-state index contributed by atoms with van der Waals surface area (Å²) in [5, 5.41) is 3.56. The molecule has 2 atom stereocenters. The molecule has 18 heavy (non-hydrogen) atoms. The van der Waals surface area contributed by atoms with Gasteiger partial charge >= 0.3 is 0 Å². The quantitative estimate of drug-likeness (QED) is 0.865. The summed E-state index contributed by atoms with van der Waals surface area (Å²) in [6.07, 6.45) is 6.51. The fourth-order valence-corrected chi connectivity index (χ4v) is 2.88. The molecule has 0 aliphatic carbocycles. The molecule has 1 aromatic rings. The van der Waals surface area contributed by atoms with E-state index in [1.54, 1.807) is 0 Å². The smallest absolute Gasteiger partial charge is 0.0312 e. The van der Waals surface area contributed by atoms with E-state index in [4.69, 9.17) is 0 Å². The summed E-state index contributed by atoms with van der Waals surface area (Å²) in [6.45, 7) is 9.06. The predicted molar refractivity (Wildman–Crippen MR) is 75.4 cm³/mol. The number of aromatic nitrogens is 1. The molecule has 100 valence electrons. The van der Waals surface area contributed by atoms with Crippen molar-refractivity contribution in [3.63, 3.8) is 0 Å². The van der Waals surface area contributed by atoms with Crippen molar-refractivity contribution in [2.75, 3.05) is 19.6 Å². The van der Waals surface area contributed by atoms with Crippen LogP contribution in [0.2, 0.25) is 0 Å².